The van der Waals surface area contributed by atoms with Crippen molar-refractivity contribution in [2.24, 2.45) is 0 Å². The summed E-state index contributed by atoms with van der Waals surface area (Å²) in [5.74, 6) is -0.516. The lowest BCUT2D eigenvalue weighted by Crippen LogP contribution is -2.25. The number of nitrogens with one attached hydrogen (secondary N) is 2. The number of halogens is 1. The van der Waals surface area contributed by atoms with Crippen molar-refractivity contribution in [3.8, 4) is 0 Å². The molecule has 0 saturated heterocycles. The van der Waals surface area contributed by atoms with Crippen molar-refractivity contribution in [3.05, 3.63) is 64.2 Å². The number of methoxy groups -OCH3 is 1. The molecule has 0 saturated carbocycles. The van der Waals surface area contributed by atoms with E-state index in [1.807, 2.05) is 13.0 Å². The molecule has 0 aliphatic rings. The number of benzene rings is 2. The average molecular weight is 361 g/mol. The van der Waals surface area contributed by atoms with Crippen LogP contribution in [-0.2, 0) is 4.74 Å². The minimum Gasteiger partial charge on any atom is -0.385 e. The summed E-state index contributed by atoms with van der Waals surface area (Å²) >= 11 is 6.07. The topological polar surface area (TPSA) is 67.4 Å². The highest BCUT2D eigenvalue weighted by Crippen LogP contribution is 2.20. The van der Waals surface area contributed by atoms with E-state index in [2.05, 4.69) is 10.6 Å². The largest absolute Gasteiger partial charge is 0.385 e. The van der Waals surface area contributed by atoms with E-state index in [0.717, 1.165) is 12.0 Å². The van der Waals surface area contributed by atoms with Crippen molar-refractivity contribution in [3.63, 3.8) is 0 Å². The highest BCUT2D eigenvalue weighted by Gasteiger charge is 2.11. The maximum absolute atomic E-state index is 12.4. The predicted molar refractivity (Wildman–Crippen MR) is 99.4 cm³/mol. The Morgan fingerprint density at radius 2 is 1.80 bits per heavy atom. The summed E-state index contributed by atoms with van der Waals surface area (Å²) in [5.41, 5.74) is 2.38. The Morgan fingerprint density at radius 3 is 2.48 bits per heavy atom. The van der Waals surface area contributed by atoms with Gasteiger partial charge >= 0.3 is 0 Å². The normalized spacial score (nSPS) is 10.4. The zero-order chi connectivity index (χ0) is 18.2. The van der Waals surface area contributed by atoms with E-state index in [1.165, 1.54) is 0 Å². The van der Waals surface area contributed by atoms with E-state index in [4.69, 9.17) is 16.3 Å². The van der Waals surface area contributed by atoms with Crippen LogP contribution >= 0.6 is 11.6 Å². The van der Waals surface area contributed by atoms with Crippen LogP contribution in [0.25, 0.3) is 0 Å². The van der Waals surface area contributed by atoms with Gasteiger partial charge in [-0.05, 0) is 49.2 Å². The van der Waals surface area contributed by atoms with E-state index < -0.39 is 0 Å². The first kappa shape index (κ1) is 19.0. The zero-order valence-electron chi connectivity index (χ0n) is 14.3. The van der Waals surface area contributed by atoms with Crippen LogP contribution in [0.15, 0.2) is 42.5 Å². The number of hydrogen-bond acceptors (Lipinski definition) is 3. The molecule has 25 heavy (non-hydrogen) atoms. The second-order valence-corrected chi connectivity index (χ2v) is 6.01. The molecule has 0 radical (unpaired) electrons. The molecule has 0 aliphatic carbocycles. The van der Waals surface area contributed by atoms with Crippen LogP contribution in [0, 0.1) is 6.92 Å². The minimum atomic E-state index is -0.297. The lowest BCUT2D eigenvalue weighted by Gasteiger charge is -2.09. The van der Waals surface area contributed by atoms with Gasteiger partial charge in [-0.3, -0.25) is 9.59 Å². The van der Waals surface area contributed by atoms with E-state index in [0.29, 0.717) is 35.0 Å². The number of carbonyl (C=O) groups excluding carboxylic acids is 2. The molecule has 2 aromatic carbocycles. The van der Waals surface area contributed by atoms with E-state index in [1.54, 1.807) is 43.5 Å². The third-order valence-corrected chi connectivity index (χ3v) is 4.03. The average Bonchev–Trinajstić information content (AvgIpc) is 2.62. The maximum Gasteiger partial charge on any atom is 0.255 e. The summed E-state index contributed by atoms with van der Waals surface area (Å²) in [4.78, 5) is 24.5. The molecule has 132 valence electrons. The van der Waals surface area contributed by atoms with Crippen LogP contribution in [0.3, 0.4) is 0 Å². The predicted octanol–water partition coefficient (Wildman–Crippen LogP) is 3.67. The highest BCUT2D eigenvalue weighted by molar-refractivity contribution is 6.31. The van der Waals surface area contributed by atoms with Crippen LogP contribution in [-0.4, -0.2) is 32.1 Å². The molecular formula is C19H21ClN2O3. The Labute approximate surface area is 152 Å². The van der Waals surface area contributed by atoms with Gasteiger partial charge in [0.2, 0.25) is 0 Å². The van der Waals surface area contributed by atoms with Crippen molar-refractivity contribution in [2.45, 2.75) is 13.3 Å². The van der Waals surface area contributed by atoms with Gasteiger partial charge in [0.15, 0.2) is 0 Å². The SMILES string of the molecule is COCCCNC(=O)c1cccc(C(=O)Nc2ccc(C)c(Cl)c2)c1. The Bertz CT molecular complexity index is 762. The van der Waals surface area contributed by atoms with Crippen LogP contribution < -0.4 is 10.6 Å². The molecule has 0 heterocycles. The smallest absolute Gasteiger partial charge is 0.255 e. The van der Waals surface area contributed by atoms with Gasteiger partial charge in [0.1, 0.15) is 0 Å². The summed E-state index contributed by atoms with van der Waals surface area (Å²) in [7, 11) is 1.62. The molecule has 0 spiro atoms. The van der Waals surface area contributed by atoms with Crippen molar-refractivity contribution < 1.29 is 14.3 Å². The van der Waals surface area contributed by atoms with E-state index >= 15 is 0 Å². The van der Waals surface area contributed by atoms with Crippen LogP contribution in [0.4, 0.5) is 5.69 Å². The van der Waals surface area contributed by atoms with Gasteiger partial charge in [-0.1, -0.05) is 23.7 Å². The molecule has 6 heteroatoms. The summed E-state index contributed by atoms with van der Waals surface area (Å²) in [6.07, 6.45) is 0.733. The highest BCUT2D eigenvalue weighted by atomic mass is 35.5. The first-order valence-corrected chi connectivity index (χ1v) is 8.34. The lowest BCUT2D eigenvalue weighted by molar-refractivity contribution is 0.0948. The molecule has 2 N–H and O–H groups in total. The van der Waals surface area contributed by atoms with Gasteiger partial charge in [0.05, 0.1) is 0 Å². The number of ether oxygens (including phenoxy) is 1. The van der Waals surface area contributed by atoms with Gasteiger partial charge in [-0.2, -0.15) is 0 Å². The maximum atomic E-state index is 12.4. The zero-order valence-corrected chi connectivity index (χ0v) is 15.0. The summed E-state index contributed by atoms with van der Waals surface area (Å²) in [6, 6.07) is 11.9. The van der Waals surface area contributed by atoms with Gasteiger partial charge in [-0.15, -0.1) is 0 Å². The summed E-state index contributed by atoms with van der Waals surface area (Å²) in [5, 5.41) is 6.16. The Kier molecular flexibility index (Phi) is 6.98. The van der Waals surface area contributed by atoms with Crippen molar-refractivity contribution in [1.29, 1.82) is 0 Å². The van der Waals surface area contributed by atoms with Crippen LogP contribution in [0.1, 0.15) is 32.7 Å². The molecule has 5 nitrogen and oxygen atoms in total. The first-order valence-electron chi connectivity index (χ1n) is 7.96. The number of aryl methyl sites for hydroxylation is 1. The minimum absolute atomic E-state index is 0.218. The molecule has 2 amide bonds. The monoisotopic (exact) mass is 360 g/mol. The number of hydrogen-bond donors (Lipinski definition) is 2. The standard InChI is InChI=1S/C19H21ClN2O3/c1-13-7-8-16(12-17(13)20)22-19(24)15-6-3-5-14(11-15)18(23)21-9-4-10-25-2/h3,5-8,11-12H,4,9-10H2,1-2H3,(H,21,23)(H,22,24). The molecule has 0 bridgehead atoms. The van der Waals surface area contributed by atoms with E-state index in [9.17, 15) is 9.59 Å². The third kappa shape index (κ3) is 5.59. The van der Waals surface area contributed by atoms with Gasteiger partial charge in [-0.25, -0.2) is 0 Å². The van der Waals surface area contributed by atoms with Crippen molar-refractivity contribution >= 4 is 29.1 Å². The van der Waals surface area contributed by atoms with Gasteiger partial charge < -0.3 is 15.4 Å². The number of amides is 2. The summed E-state index contributed by atoms with van der Waals surface area (Å²) < 4.78 is 4.94. The molecule has 0 atom stereocenters. The molecule has 0 fully saturated rings. The van der Waals surface area contributed by atoms with E-state index in [-0.39, 0.29) is 11.8 Å². The number of anilines is 1. The van der Waals surface area contributed by atoms with Gasteiger partial charge in [0, 0.05) is 42.1 Å². The first-order chi connectivity index (χ1) is 12.0. The van der Waals surface area contributed by atoms with Crippen LogP contribution in [0.5, 0.6) is 0 Å². The second-order valence-electron chi connectivity index (χ2n) is 5.60. The molecule has 0 aromatic heterocycles. The fourth-order valence-corrected chi connectivity index (χ4v) is 2.38. The van der Waals surface area contributed by atoms with Crippen molar-refractivity contribution in [2.75, 3.05) is 25.6 Å². The van der Waals surface area contributed by atoms with Crippen molar-refractivity contribution in [1.82, 2.24) is 5.32 Å². The van der Waals surface area contributed by atoms with Gasteiger partial charge in [0.25, 0.3) is 11.8 Å². The molecule has 0 unspecified atom stereocenters. The molecule has 0 aliphatic heterocycles. The molecular weight excluding hydrogens is 340 g/mol. The molecule has 2 aromatic rings. The quantitative estimate of drug-likeness (QED) is 0.740. The number of rotatable bonds is 7. The lowest BCUT2D eigenvalue weighted by atomic mass is 10.1. The van der Waals surface area contributed by atoms with Crippen LogP contribution in [0.2, 0.25) is 5.02 Å². The number of carbonyl (C=O) groups is 2. The Balaban J connectivity index is 2.03. The third-order valence-electron chi connectivity index (χ3n) is 3.63. The Morgan fingerprint density at radius 1 is 1.08 bits per heavy atom. The Hall–Kier alpha value is -2.37. The summed E-state index contributed by atoms with van der Waals surface area (Å²) in [6.45, 7) is 3.00. The molecule has 2 rings (SSSR count). The fraction of sp³-hybridized carbons (Fsp3) is 0.263. The fourth-order valence-electron chi connectivity index (χ4n) is 2.20. The second kappa shape index (κ2) is 9.20.